The van der Waals surface area contributed by atoms with Crippen molar-refractivity contribution in [1.29, 1.82) is 0 Å². The van der Waals surface area contributed by atoms with Crippen LogP contribution in [0.3, 0.4) is 0 Å². The highest BCUT2D eigenvalue weighted by atomic mass is 31.2. The van der Waals surface area contributed by atoms with Gasteiger partial charge in [-0.2, -0.15) is 0 Å². The molecule has 0 N–H and O–H groups in total. The largest absolute Gasteiger partial charge is 0.378 e. The third-order valence-corrected chi connectivity index (χ3v) is 7.69. The molecule has 0 radical (unpaired) electrons. The molecule has 1 saturated heterocycles. The molecule has 1 rings (SSSR count). The maximum atomic E-state index is 14.1. The van der Waals surface area contributed by atoms with Crippen molar-refractivity contribution in [2.75, 3.05) is 85.8 Å². The van der Waals surface area contributed by atoms with Crippen LogP contribution in [0.4, 0.5) is 0 Å². The summed E-state index contributed by atoms with van der Waals surface area (Å²) in [5, 5.41) is -0.526. The van der Waals surface area contributed by atoms with E-state index in [-0.39, 0.29) is 5.41 Å². The lowest BCUT2D eigenvalue weighted by atomic mass is 9.99. The molecule has 9 heteroatoms. The van der Waals surface area contributed by atoms with Crippen molar-refractivity contribution in [3.63, 3.8) is 0 Å². The fourth-order valence-electron chi connectivity index (χ4n) is 2.68. The Kier molecular flexibility index (Phi) is 13.2. The van der Waals surface area contributed by atoms with Crippen LogP contribution in [-0.4, -0.2) is 95.6 Å². The van der Waals surface area contributed by atoms with Crippen LogP contribution in [0.25, 0.3) is 0 Å². The van der Waals surface area contributed by atoms with E-state index in [1.165, 1.54) is 0 Å². The second-order valence-corrected chi connectivity index (χ2v) is 12.7. The van der Waals surface area contributed by atoms with E-state index in [1.807, 2.05) is 25.4 Å². The van der Waals surface area contributed by atoms with Gasteiger partial charge in [0.1, 0.15) is 0 Å². The fourth-order valence-corrected chi connectivity index (χ4v) is 5.33. The molecule has 1 unspecified atom stereocenters. The lowest BCUT2D eigenvalue weighted by molar-refractivity contribution is -0.0159. The topological polar surface area (TPSA) is 75.7 Å². The third kappa shape index (κ3) is 11.5. The molecule has 0 aromatic carbocycles. The van der Waals surface area contributed by atoms with Crippen LogP contribution in [0, 0.1) is 5.41 Å². The first-order chi connectivity index (χ1) is 14.1. The first kappa shape index (κ1) is 28.0. The van der Waals surface area contributed by atoms with Crippen molar-refractivity contribution in [2.45, 2.75) is 46.7 Å². The summed E-state index contributed by atoms with van der Waals surface area (Å²) in [5.41, 5.74) is -0.0804. The summed E-state index contributed by atoms with van der Waals surface area (Å²) in [6, 6.07) is 0. The molecule has 0 aromatic rings. The Bertz CT molecular complexity index is 473. The van der Waals surface area contributed by atoms with Gasteiger partial charge in [-0.1, -0.05) is 20.8 Å². The molecule has 8 nitrogen and oxygen atoms in total. The predicted molar refractivity (Wildman–Crippen MR) is 118 cm³/mol. The lowest BCUT2D eigenvalue weighted by Crippen LogP contribution is -2.37. The first-order valence-electron chi connectivity index (χ1n) is 11.0. The van der Waals surface area contributed by atoms with Gasteiger partial charge in [-0.05, 0) is 26.2 Å². The van der Waals surface area contributed by atoms with Gasteiger partial charge in [-0.3, -0.25) is 4.57 Å². The van der Waals surface area contributed by atoms with E-state index in [0.717, 1.165) is 0 Å². The van der Waals surface area contributed by atoms with Crippen LogP contribution < -0.4 is 0 Å². The normalized spacial score (nSPS) is 23.3. The molecule has 1 heterocycles. The molecule has 0 spiro atoms. The van der Waals surface area contributed by atoms with Crippen LogP contribution >= 0.6 is 7.52 Å². The second-order valence-electron chi connectivity index (χ2n) is 9.54. The zero-order valence-electron chi connectivity index (χ0n) is 19.9. The molecule has 0 aliphatic carbocycles. The van der Waals surface area contributed by atoms with Crippen molar-refractivity contribution in [3.8, 4) is 0 Å². The first-order valence-corrected chi connectivity index (χ1v) is 12.5. The Labute approximate surface area is 183 Å². The zero-order chi connectivity index (χ0) is 22.5. The van der Waals surface area contributed by atoms with E-state index >= 15 is 0 Å². The van der Waals surface area contributed by atoms with Crippen molar-refractivity contribution in [2.24, 2.45) is 5.41 Å². The summed E-state index contributed by atoms with van der Waals surface area (Å²) in [5.74, 6) is 0. The highest BCUT2D eigenvalue weighted by Gasteiger charge is 2.44. The van der Waals surface area contributed by atoms with Crippen molar-refractivity contribution < 1.29 is 32.8 Å². The standard InChI is InChI=1S/C21H44NO7P/c1-20(2,3)19-29-30(23,21(4,5)6)22-7-9-24-11-13-26-15-17-28-18-16-27-14-12-25-10-8-22/h7-19H2,1-6H3. The summed E-state index contributed by atoms with van der Waals surface area (Å²) >= 11 is 0. The molecule has 180 valence electrons. The summed E-state index contributed by atoms with van der Waals surface area (Å²) < 4.78 is 50.0. The van der Waals surface area contributed by atoms with Crippen LogP contribution in [0.5, 0.6) is 0 Å². The van der Waals surface area contributed by atoms with Gasteiger partial charge < -0.3 is 28.2 Å². The monoisotopic (exact) mass is 453 g/mol. The highest BCUT2D eigenvalue weighted by molar-refractivity contribution is 7.58. The van der Waals surface area contributed by atoms with Gasteiger partial charge in [0.2, 0.25) is 0 Å². The molecule has 1 atom stereocenters. The highest BCUT2D eigenvalue weighted by Crippen LogP contribution is 2.61. The fraction of sp³-hybridized carbons (Fsp3) is 1.00. The Morgan fingerprint density at radius 1 is 0.667 bits per heavy atom. The quantitative estimate of drug-likeness (QED) is 0.602. The molecule has 1 fully saturated rings. The SMILES string of the molecule is CC(C)(C)COP(=O)(N1CCOCCOCCOCCOCCOCC1)C(C)(C)C. The third-order valence-electron chi connectivity index (χ3n) is 4.37. The molecule has 0 saturated carbocycles. The zero-order valence-corrected chi connectivity index (χ0v) is 20.8. The number of rotatable bonds is 3. The molecular formula is C21H44NO7P. The van der Waals surface area contributed by atoms with E-state index in [4.69, 9.17) is 28.2 Å². The van der Waals surface area contributed by atoms with E-state index < -0.39 is 12.7 Å². The number of nitrogens with zero attached hydrogens (tertiary/aromatic N) is 1. The lowest BCUT2D eigenvalue weighted by Gasteiger charge is -2.40. The number of ether oxygens (including phenoxy) is 5. The van der Waals surface area contributed by atoms with Crippen LogP contribution in [0.2, 0.25) is 0 Å². The van der Waals surface area contributed by atoms with Crippen molar-refractivity contribution in [1.82, 2.24) is 4.67 Å². The van der Waals surface area contributed by atoms with Crippen molar-refractivity contribution >= 4 is 7.52 Å². The van der Waals surface area contributed by atoms with Gasteiger partial charge in [0.05, 0.1) is 77.8 Å². The molecule has 0 aromatic heterocycles. The average molecular weight is 454 g/mol. The van der Waals surface area contributed by atoms with Gasteiger partial charge in [-0.15, -0.1) is 0 Å². The Balaban J connectivity index is 2.78. The van der Waals surface area contributed by atoms with Gasteiger partial charge in [0.25, 0.3) is 7.52 Å². The van der Waals surface area contributed by atoms with Crippen LogP contribution in [0.1, 0.15) is 41.5 Å². The van der Waals surface area contributed by atoms with Crippen LogP contribution in [-0.2, 0) is 32.8 Å². The predicted octanol–water partition coefficient (Wildman–Crippen LogP) is 3.44. The molecule has 0 amide bonds. The number of hydrogen-bond donors (Lipinski definition) is 0. The summed E-state index contributed by atoms with van der Waals surface area (Å²) in [4.78, 5) is 0. The van der Waals surface area contributed by atoms with Gasteiger partial charge in [0, 0.05) is 13.1 Å². The van der Waals surface area contributed by atoms with Crippen molar-refractivity contribution in [3.05, 3.63) is 0 Å². The van der Waals surface area contributed by atoms with E-state index in [1.54, 1.807) is 0 Å². The minimum Gasteiger partial charge on any atom is -0.378 e. The average Bonchev–Trinajstić information content (AvgIpc) is 2.64. The van der Waals surface area contributed by atoms with Gasteiger partial charge in [0.15, 0.2) is 0 Å². The maximum Gasteiger partial charge on any atom is 0.277 e. The van der Waals surface area contributed by atoms with Crippen LogP contribution in [0.15, 0.2) is 0 Å². The molecule has 1 aliphatic heterocycles. The van der Waals surface area contributed by atoms with Gasteiger partial charge in [-0.25, -0.2) is 4.67 Å². The Hall–Kier alpha value is -0.0500. The molecule has 30 heavy (non-hydrogen) atoms. The summed E-state index contributed by atoms with van der Waals surface area (Å²) in [7, 11) is -3.13. The van der Waals surface area contributed by atoms with E-state index in [9.17, 15) is 4.57 Å². The second kappa shape index (κ2) is 14.2. The van der Waals surface area contributed by atoms with E-state index in [0.29, 0.717) is 85.8 Å². The smallest absolute Gasteiger partial charge is 0.277 e. The number of hydrogen-bond acceptors (Lipinski definition) is 7. The minimum atomic E-state index is -3.13. The minimum absolute atomic E-state index is 0.0804. The molecule has 1 aliphatic rings. The Morgan fingerprint density at radius 3 is 1.30 bits per heavy atom. The molecule has 0 bridgehead atoms. The molecular weight excluding hydrogens is 409 g/mol. The summed E-state index contributed by atoms with van der Waals surface area (Å²) in [6.07, 6.45) is 0. The van der Waals surface area contributed by atoms with E-state index in [2.05, 4.69) is 20.8 Å². The van der Waals surface area contributed by atoms with Gasteiger partial charge >= 0.3 is 0 Å². The maximum absolute atomic E-state index is 14.1. The Morgan fingerprint density at radius 2 is 1.00 bits per heavy atom. The summed E-state index contributed by atoms with van der Waals surface area (Å²) in [6.45, 7) is 18.5.